The molecule has 0 saturated carbocycles. The average molecular weight is 599 g/mol. The van der Waals surface area contributed by atoms with Crippen molar-refractivity contribution in [2.24, 2.45) is 5.41 Å². The zero-order valence-electron chi connectivity index (χ0n) is 20.2. The predicted molar refractivity (Wildman–Crippen MR) is 155 cm³/mol. The minimum atomic E-state index is 0.00240. The number of hydrogen-bond acceptors (Lipinski definition) is 3. The number of benzene rings is 3. The van der Waals surface area contributed by atoms with Crippen molar-refractivity contribution in [2.45, 2.75) is 26.7 Å². The van der Waals surface area contributed by atoms with Crippen molar-refractivity contribution < 1.29 is 0 Å². The fourth-order valence-electron chi connectivity index (χ4n) is 4.46. The van der Waals surface area contributed by atoms with Gasteiger partial charge in [0.25, 0.3) is 0 Å². The second-order valence-corrected chi connectivity index (χ2v) is 11.4. The van der Waals surface area contributed by atoms with E-state index in [-0.39, 0.29) is 11.0 Å². The Balaban J connectivity index is 1.63. The Hall–Kier alpha value is -3.38. The standard InChI is InChI=1S/C31H25Br2N3/c1-31(2)18-23(17-24(19-31)25(20-34)21-35)4-3-22-5-11-28(12-6-22)36(29-13-7-26(32)8-14-29)30-15-9-27(33)10-16-30/h3-17H,18-19H2,1-2H3/b4-3+. The Kier molecular flexibility index (Phi) is 7.94. The molecular weight excluding hydrogens is 574 g/mol. The van der Waals surface area contributed by atoms with Gasteiger partial charge in [-0.3, -0.25) is 0 Å². The van der Waals surface area contributed by atoms with Crippen molar-refractivity contribution in [2.75, 3.05) is 4.90 Å². The van der Waals surface area contributed by atoms with Gasteiger partial charge in [0.2, 0.25) is 0 Å². The largest absolute Gasteiger partial charge is 0.311 e. The molecule has 36 heavy (non-hydrogen) atoms. The molecule has 0 bridgehead atoms. The summed E-state index contributed by atoms with van der Waals surface area (Å²) in [4.78, 5) is 2.22. The lowest BCUT2D eigenvalue weighted by Gasteiger charge is -2.30. The molecule has 0 aromatic heterocycles. The summed E-state index contributed by atoms with van der Waals surface area (Å²) in [5.41, 5.74) is 6.45. The lowest BCUT2D eigenvalue weighted by atomic mass is 9.74. The third-order valence-corrected chi connectivity index (χ3v) is 7.12. The molecule has 5 heteroatoms. The minimum Gasteiger partial charge on any atom is -0.311 e. The highest BCUT2D eigenvalue weighted by Gasteiger charge is 2.26. The maximum absolute atomic E-state index is 9.32. The summed E-state index contributed by atoms with van der Waals surface area (Å²) < 4.78 is 2.08. The molecule has 3 nitrogen and oxygen atoms in total. The van der Waals surface area contributed by atoms with Crippen molar-refractivity contribution >= 4 is 55.0 Å². The van der Waals surface area contributed by atoms with Crippen LogP contribution in [0, 0.1) is 28.1 Å². The third-order valence-electron chi connectivity index (χ3n) is 6.07. The smallest absolute Gasteiger partial charge is 0.132 e. The van der Waals surface area contributed by atoms with Gasteiger partial charge in [-0.05, 0) is 95.6 Å². The molecule has 178 valence electrons. The molecule has 0 amide bonds. The molecule has 0 heterocycles. The van der Waals surface area contributed by atoms with Crippen molar-refractivity contribution in [3.63, 3.8) is 0 Å². The van der Waals surface area contributed by atoms with E-state index in [9.17, 15) is 10.5 Å². The Morgan fingerprint density at radius 2 is 1.22 bits per heavy atom. The molecule has 1 aliphatic carbocycles. The van der Waals surface area contributed by atoms with E-state index in [2.05, 4.69) is 111 Å². The van der Waals surface area contributed by atoms with Gasteiger partial charge in [-0.2, -0.15) is 10.5 Å². The molecule has 0 saturated heterocycles. The number of anilines is 3. The van der Waals surface area contributed by atoms with Gasteiger partial charge in [0, 0.05) is 26.0 Å². The summed E-state index contributed by atoms with van der Waals surface area (Å²) in [6.45, 7) is 4.35. The second-order valence-electron chi connectivity index (χ2n) is 9.57. The van der Waals surface area contributed by atoms with Crippen LogP contribution in [0.5, 0.6) is 0 Å². The molecule has 0 fully saturated rings. The number of rotatable bonds is 5. The first kappa shape index (κ1) is 25.7. The van der Waals surface area contributed by atoms with Gasteiger partial charge in [0.1, 0.15) is 17.7 Å². The summed E-state index contributed by atoms with van der Waals surface area (Å²) in [5.74, 6) is 0. The van der Waals surface area contributed by atoms with Gasteiger partial charge < -0.3 is 4.90 Å². The van der Waals surface area contributed by atoms with E-state index in [1.807, 2.05) is 42.5 Å². The van der Waals surface area contributed by atoms with Crippen molar-refractivity contribution in [3.05, 3.63) is 116 Å². The van der Waals surface area contributed by atoms with E-state index < -0.39 is 0 Å². The molecule has 0 unspecified atom stereocenters. The lowest BCUT2D eigenvalue weighted by molar-refractivity contribution is 0.354. The fourth-order valence-corrected chi connectivity index (χ4v) is 4.99. The van der Waals surface area contributed by atoms with Gasteiger partial charge in [-0.15, -0.1) is 0 Å². The van der Waals surface area contributed by atoms with Crippen LogP contribution in [0.1, 0.15) is 32.3 Å². The molecule has 0 radical (unpaired) electrons. The molecule has 0 atom stereocenters. The van der Waals surface area contributed by atoms with Gasteiger partial charge in [0.05, 0.1) is 0 Å². The number of hydrogen-bond donors (Lipinski definition) is 0. The Morgan fingerprint density at radius 1 is 0.750 bits per heavy atom. The van der Waals surface area contributed by atoms with Crippen LogP contribution in [0.4, 0.5) is 17.1 Å². The average Bonchev–Trinajstić information content (AvgIpc) is 2.86. The van der Waals surface area contributed by atoms with Crippen LogP contribution in [0.3, 0.4) is 0 Å². The van der Waals surface area contributed by atoms with E-state index in [0.717, 1.165) is 55.6 Å². The first-order valence-electron chi connectivity index (χ1n) is 11.6. The molecule has 3 aromatic carbocycles. The van der Waals surface area contributed by atoms with Crippen molar-refractivity contribution in [1.82, 2.24) is 0 Å². The number of nitriles is 2. The summed E-state index contributed by atoms with van der Waals surface area (Å²) in [6, 6.07) is 29.1. The van der Waals surface area contributed by atoms with Crippen LogP contribution in [-0.4, -0.2) is 0 Å². The highest BCUT2D eigenvalue weighted by atomic mass is 79.9. The van der Waals surface area contributed by atoms with Gasteiger partial charge in [-0.1, -0.05) is 76.1 Å². The summed E-state index contributed by atoms with van der Waals surface area (Å²) in [5, 5.41) is 18.6. The van der Waals surface area contributed by atoms with E-state index in [1.165, 1.54) is 0 Å². The predicted octanol–water partition coefficient (Wildman–Crippen LogP) is 9.78. The SMILES string of the molecule is CC1(C)CC(/C=C/c2ccc(N(c3ccc(Br)cc3)c3ccc(Br)cc3)cc2)=CC(=C(C#N)C#N)C1. The Morgan fingerprint density at radius 3 is 1.69 bits per heavy atom. The maximum Gasteiger partial charge on any atom is 0.132 e. The number of nitrogens with zero attached hydrogens (tertiary/aromatic N) is 3. The molecular formula is C31H25Br2N3. The maximum atomic E-state index is 9.32. The highest BCUT2D eigenvalue weighted by molar-refractivity contribution is 9.10. The first-order chi connectivity index (χ1) is 17.3. The number of halogens is 2. The van der Waals surface area contributed by atoms with E-state index in [4.69, 9.17) is 0 Å². The Labute approximate surface area is 229 Å². The van der Waals surface area contributed by atoms with Crippen LogP contribution in [-0.2, 0) is 0 Å². The summed E-state index contributed by atoms with van der Waals surface area (Å²) in [7, 11) is 0. The topological polar surface area (TPSA) is 50.8 Å². The summed E-state index contributed by atoms with van der Waals surface area (Å²) >= 11 is 7.06. The van der Waals surface area contributed by atoms with Crippen LogP contribution in [0.15, 0.2) is 111 Å². The molecule has 0 N–H and O–H groups in total. The van der Waals surface area contributed by atoms with Crippen molar-refractivity contribution in [1.29, 1.82) is 10.5 Å². The molecule has 0 aliphatic heterocycles. The zero-order valence-corrected chi connectivity index (χ0v) is 23.3. The minimum absolute atomic E-state index is 0.00240. The van der Waals surface area contributed by atoms with Gasteiger partial charge in [-0.25, -0.2) is 0 Å². The normalized spacial score (nSPS) is 14.6. The van der Waals surface area contributed by atoms with E-state index >= 15 is 0 Å². The van der Waals surface area contributed by atoms with Crippen LogP contribution < -0.4 is 4.90 Å². The van der Waals surface area contributed by atoms with E-state index in [1.54, 1.807) is 0 Å². The van der Waals surface area contributed by atoms with Crippen LogP contribution in [0.25, 0.3) is 6.08 Å². The Bertz CT molecular complexity index is 1350. The lowest BCUT2D eigenvalue weighted by Crippen LogP contribution is -2.17. The van der Waals surface area contributed by atoms with Crippen LogP contribution in [0.2, 0.25) is 0 Å². The highest BCUT2D eigenvalue weighted by Crippen LogP contribution is 2.40. The molecule has 0 spiro atoms. The monoisotopic (exact) mass is 597 g/mol. The first-order valence-corrected chi connectivity index (χ1v) is 13.2. The van der Waals surface area contributed by atoms with E-state index in [0.29, 0.717) is 0 Å². The fraction of sp³-hybridized carbons (Fsp3) is 0.161. The quantitative estimate of drug-likeness (QED) is 0.275. The zero-order chi connectivity index (χ0) is 25.7. The van der Waals surface area contributed by atoms with Crippen LogP contribution >= 0.6 is 31.9 Å². The van der Waals surface area contributed by atoms with Gasteiger partial charge >= 0.3 is 0 Å². The number of allylic oxidation sites excluding steroid dienone is 5. The third kappa shape index (κ3) is 6.24. The molecule has 3 aromatic rings. The molecule has 4 rings (SSSR count). The molecule has 1 aliphatic rings. The van der Waals surface area contributed by atoms with Gasteiger partial charge in [0.15, 0.2) is 0 Å². The van der Waals surface area contributed by atoms with Crippen molar-refractivity contribution in [3.8, 4) is 12.1 Å². The summed E-state index contributed by atoms with van der Waals surface area (Å²) in [6.07, 6.45) is 7.83. The second kappa shape index (κ2) is 11.1.